The van der Waals surface area contributed by atoms with Gasteiger partial charge >= 0.3 is 0 Å². The van der Waals surface area contributed by atoms with Crippen LogP contribution in [0.4, 0.5) is 0 Å². The Balaban J connectivity index is 0.000000704. The fraction of sp³-hybridized carbons (Fsp3) is 0.0588. The van der Waals surface area contributed by atoms with E-state index in [1.807, 2.05) is 43.2 Å². The van der Waals surface area contributed by atoms with Crippen LogP contribution in [-0.4, -0.2) is 19.2 Å². The van der Waals surface area contributed by atoms with Gasteiger partial charge in [-0.05, 0) is 11.6 Å². The summed E-state index contributed by atoms with van der Waals surface area (Å²) in [5, 5.41) is 3.32. The van der Waals surface area contributed by atoms with Gasteiger partial charge in [-0.2, -0.15) is 0 Å². The van der Waals surface area contributed by atoms with Gasteiger partial charge in [-0.1, -0.05) is 60.7 Å². The molecule has 0 fully saturated rings. The molecule has 20 heavy (non-hydrogen) atoms. The summed E-state index contributed by atoms with van der Waals surface area (Å²) in [6.07, 6.45) is 2.11. The molecule has 0 aliphatic carbocycles. The van der Waals surface area contributed by atoms with Crippen LogP contribution in [0.15, 0.2) is 71.4 Å². The van der Waals surface area contributed by atoms with Gasteiger partial charge in [0.2, 0.25) is 0 Å². The number of hydrogen-bond acceptors (Lipinski definition) is 3. The number of rotatable bonds is 2. The Labute approximate surface area is 118 Å². The van der Waals surface area contributed by atoms with Gasteiger partial charge in [0, 0.05) is 5.56 Å². The number of aliphatic imine (C=N–C) groups is 1. The van der Waals surface area contributed by atoms with Crippen molar-refractivity contribution in [2.45, 2.75) is 0 Å². The Morgan fingerprint density at radius 3 is 2.20 bits per heavy atom. The lowest BCUT2D eigenvalue weighted by molar-refractivity contribution is -0.0979. The quantitative estimate of drug-likeness (QED) is 0.906. The van der Waals surface area contributed by atoms with Crippen LogP contribution in [0.5, 0.6) is 0 Å². The summed E-state index contributed by atoms with van der Waals surface area (Å²) in [5.74, 6) is 0.956. The third-order valence-electron chi connectivity index (χ3n) is 2.87. The second-order valence-corrected chi connectivity index (χ2v) is 4.23. The van der Waals surface area contributed by atoms with Crippen molar-refractivity contribution < 1.29 is 4.79 Å². The molecule has 0 saturated carbocycles. The monoisotopic (exact) mass is 264 g/mol. The van der Waals surface area contributed by atoms with Crippen LogP contribution in [0.3, 0.4) is 0 Å². The van der Waals surface area contributed by atoms with E-state index in [0.29, 0.717) is 0 Å². The maximum absolute atomic E-state index is 8.00. The maximum Gasteiger partial charge on any atom is 0.133 e. The Morgan fingerprint density at radius 1 is 0.950 bits per heavy atom. The summed E-state index contributed by atoms with van der Waals surface area (Å²) in [4.78, 5) is 12.6. The van der Waals surface area contributed by atoms with Gasteiger partial charge < -0.3 is 10.1 Å². The van der Waals surface area contributed by atoms with Gasteiger partial charge in [0.05, 0.1) is 12.2 Å². The van der Waals surface area contributed by atoms with Gasteiger partial charge in [0.15, 0.2) is 0 Å². The van der Waals surface area contributed by atoms with E-state index in [2.05, 4.69) is 40.7 Å². The molecule has 0 spiro atoms. The summed E-state index contributed by atoms with van der Waals surface area (Å²) in [5.41, 5.74) is 3.39. The van der Waals surface area contributed by atoms with Gasteiger partial charge in [0.1, 0.15) is 12.6 Å². The lowest BCUT2D eigenvalue weighted by atomic mass is 10.2. The first-order valence-electron chi connectivity index (χ1n) is 6.34. The number of hydrogen-bond donors (Lipinski definition) is 1. The van der Waals surface area contributed by atoms with E-state index >= 15 is 0 Å². The molecule has 0 radical (unpaired) electrons. The van der Waals surface area contributed by atoms with E-state index in [1.165, 1.54) is 5.56 Å². The number of carbonyl (C=O) groups excluding carboxylic acids is 1. The van der Waals surface area contributed by atoms with E-state index in [-0.39, 0.29) is 0 Å². The predicted molar refractivity (Wildman–Crippen MR) is 82.5 cm³/mol. The number of benzene rings is 2. The molecule has 0 bridgehead atoms. The standard InChI is InChI=1S/C16H14N2.CH2O/c1-3-7-13(8-4-1)11-15-12-17-16(18-15)14-9-5-2-6-10-14;1-2/h1-11H,12H2,(H,17,18);1H2. The van der Waals surface area contributed by atoms with Crippen molar-refractivity contribution in [2.24, 2.45) is 4.99 Å². The van der Waals surface area contributed by atoms with Crippen molar-refractivity contribution in [2.75, 3.05) is 6.54 Å². The first-order valence-corrected chi connectivity index (χ1v) is 6.34. The minimum Gasteiger partial charge on any atom is -0.364 e. The molecule has 0 amide bonds. The van der Waals surface area contributed by atoms with Crippen LogP contribution in [0.25, 0.3) is 6.08 Å². The van der Waals surface area contributed by atoms with Crippen molar-refractivity contribution in [3.63, 3.8) is 0 Å². The zero-order chi connectivity index (χ0) is 14.2. The number of amidine groups is 1. The zero-order valence-electron chi connectivity index (χ0n) is 11.1. The highest BCUT2D eigenvalue weighted by molar-refractivity contribution is 6.01. The highest BCUT2D eigenvalue weighted by Crippen LogP contribution is 2.13. The molecule has 2 aromatic rings. The summed E-state index contributed by atoms with van der Waals surface area (Å²) < 4.78 is 0. The fourth-order valence-electron chi connectivity index (χ4n) is 1.98. The number of carbonyl (C=O) groups is 1. The molecule has 1 aliphatic rings. The van der Waals surface area contributed by atoms with Crippen molar-refractivity contribution in [1.29, 1.82) is 0 Å². The minimum absolute atomic E-state index is 0.791. The predicted octanol–water partition coefficient (Wildman–Crippen LogP) is 2.89. The van der Waals surface area contributed by atoms with Gasteiger partial charge in [0.25, 0.3) is 0 Å². The number of nitrogens with zero attached hydrogens (tertiary/aromatic N) is 1. The minimum atomic E-state index is 0.791. The lowest BCUT2D eigenvalue weighted by Crippen LogP contribution is -2.18. The molecule has 0 unspecified atom stereocenters. The normalized spacial score (nSPS) is 15.0. The Bertz CT molecular complexity index is 603. The second kappa shape index (κ2) is 7.04. The molecule has 100 valence electrons. The summed E-state index contributed by atoms with van der Waals surface area (Å²) in [6, 6.07) is 20.5. The van der Waals surface area contributed by atoms with E-state index in [9.17, 15) is 0 Å². The van der Waals surface area contributed by atoms with Crippen molar-refractivity contribution >= 4 is 18.7 Å². The first-order chi connectivity index (χ1) is 9.92. The SMILES string of the molecule is C(=C1CNC(c2ccccc2)=N1)c1ccccc1.C=O. The summed E-state index contributed by atoms with van der Waals surface area (Å²) >= 11 is 0. The van der Waals surface area contributed by atoms with Crippen LogP contribution < -0.4 is 5.32 Å². The summed E-state index contributed by atoms with van der Waals surface area (Å²) in [6.45, 7) is 2.79. The van der Waals surface area contributed by atoms with E-state index in [1.54, 1.807) is 0 Å². The summed E-state index contributed by atoms with van der Waals surface area (Å²) in [7, 11) is 0. The molecular weight excluding hydrogens is 248 g/mol. The van der Waals surface area contributed by atoms with Crippen LogP contribution in [0, 0.1) is 0 Å². The van der Waals surface area contributed by atoms with E-state index in [0.717, 1.165) is 23.6 Å². The van der Waals surface area contributed by atoms with Crippen LogP contribution in [-0.2, 0) is 4.79 Å². The van der Waals surface area contributed by atoms with Crippen LogP contribution in [0.2, 0.25) is 0 Å². The van der Waals surface area contributed by atoms with Crippen molar-refractivity contribution in [3.8, 4) is 0 Å². The van der Waals surface area contributed by atoms with Gasteiger partial charge in [-0.15, -0.1) is 0 Å². The molecule has 0 atom stereocenters. The molecule has 3 nitrogen and oxygen atoms in total. The highest BCUT2D eigenvalue weighted by Gasteiger charge is 2.11. The van der Waals surface area contributed by atoms with E-state index < -0.39 is 0 Å². The molecule has 0 aromatic heterocycles. The van der Waals surface area contributed by atoms with Gasteiger partial charge in [-0.3, -0.25) is 0 Å². The Morgan fingerprint density at radius 2 is 1.55 bits per heavy atom. The third kappa shape index (κ3) is 3.42. The Kier molecular flexibility index (Phi) is 4.84. The average molecular weight is 264 g/mol. The number of nitrogens with one attached hydrogen (secondary N) is 1. The first kappa shape index (κ1) is 13.7. The molecule has 3 heteroatoms. The van der Waals surface area contributed by atoms with Gasteiger partial charge in [-0.25, -0.2) is 4.99 Å². The zero-order valence-corrected chi connectivity index (χ0v) is 11.1. The van der Waals surface area contributed by atoms with E-state index in [4.69, 9.17) is 4.79 Å². The topological polar surface area (TPSA) is 41.5 Å². The largest absolute Gasteiger partial charge is 0.364 e. The maximum atomic E-state index is 8.00. The molecular formula is C17H16N2O. The molecule has 1 aliphatic heterocycles. The molecule has 1 N–H and O–H groups in total. The highest BCUT2D eigenvalue weighted by atomic mass is 16.1. The average Bonchev–Trinajstić information content (AvgIpc) is 3.00. The van der Waals surface area contributed by atoms with Crippen molar-refractivity contribution in [3.05, 3.63) is 77.5 Å². The molecule has 0 saturated heterocycles. The fourth-order valence-corrected chi connectivity index (χ4v) is 1.98. The second-order valence-electron chi connectivity index (χ2n) is 4.23. The Hall–Kier alpha value is -2.68. The molecule has 1 heterocycles. The van der Waals surface area contributed by atoms with Crippen LogP contribution in [0.1, 0.15) is 11.1 Å². The lowest BCUT2D eigenvalue weighted by Gasteiger charge is -1.99. The van der Waals surface area contributed by atoms with Crippen LogP contribution >= 0.6 is 0 Å². The van der Waals surface area contributed by atoms with Crippen molar-refractivity contribution in [1.82, 2.24) is 5.32 Å². The molecule has 3 rings (SSSR count). The smallest absolute Gasteiger partial charge is 0.133 e. The molecule has 2 aromatic carbocycles. The third-order valence-corrected chi connectivity index (χ3v) is 2.87.